The van der Waals surface area contributed by atoms with Gasteiger partial charge in [0, 0.05) is 27.8 Å². The van der Waals surface area contributed by atoms with Gasteiger partial charge < -0.3 is 19.3 Å². The Morgan fingerprint density at radius 2 is 1.80 bits per heavy atom. The predicted molar refractivity (Wildman–Crippen MR) is 157 cm³/mol. The van der Waals surface area contributed by atoms with Gasteiger partial charge in [0.25, 0.3) is 0 Å². The molecule has 1 aromatic heterocycles. The molecular formula is C31H34N4O4S. The molecule has 0 atom stereocenters. The Morgan fingerprint density at radius 1 is 1.02 bits per heavy atom. The average molecular weight is 559 g/mol. The molecular weight excluding hydrogens is 524 g/mol. The van der Waals surface area contributed by atoms with E-state index in [9.17, 15) is 4.79 Å². The van der Waals surface area contributed by atoms with E-state index in [0.29, 0.717) is 29.8 Å². The van der Waals surface area contributed by atoms with Gasteiger partial charge in [0.15, 0.2) is 11.5 Å². The fraction of sp³-hybridized carbons (Fsp3) is 0.323. The summed E-state index contributed by atoms with van der Waals surface area (Å²) in [6.07, 6.45) is 1.57. The molecule has 0 unspecified atom stereocenters. The molecule has 0 saturated carbocycles. The molecule has 0 radical (unpaired) electrons. The van der Waals surface area contributed by atoms with E-state index < -0.39 is 0 Å². The predicted octanol–water partition coefficient (Wildman–Crippen LogP) is 6.21. The fourth-order valence-electron chi connectivity index (χ4n) is 4.83. The Morgan fingerprint density at radius 3 is 2.52 bits per heavy atom. The number of aryl methyl sites for hydroxylation is 1. The van der Waals surface area contributed by atoms with Crippen molar-refractivity contribution in [2.75, 3.05) is 32.6 Å². The maximum Gasteiger partial charge on any atom is 0.241 e. The maximum absolute atomic E-state index is 13.0. The Hall–Kier alpha value is -3.82. The standard InChI is InChI=1S/C31H34N4O4S/c1-21-17-22(20-40-25-7-5-4-6-8-25)9-11-26(21)32-31(36)23-13-15-35(16-14-23)19-29-33-30(34-39-29)24-10-12-27(37-2)28(18-24)38-3/h4-12,17-18,23H,13-16,19-20H2,1-3H3,(H,32,36). The SMILES string of the molecule is COc1ccc(-c2noc(CN3CCC(C(=O)Nc4ccc(CSc5ccccc5)cc4C)CC3)n2)cc1OC. The number of nitrogens with zero attached hydrogens (tertiary/aromatic N) is 3. The van der Waals surface area contributed by atoms with Gasteiger partial charge in [-0.1, -0.05) is 35.5 Å². The van der Waals surface area contributed by atoms with Gasteiger partial charge in [-0.25, -0.2) is 0 Å². The first kappa shape index (κ1) is 27.7. The summed E-state index contributed by atoms with van der Waals surface area (Å²) in [7, 11) is 3.19. The molecule has 8 nitrogen and oxygen atoms in total. The fourth-order valence-corrected chi connectivity index (χ4v) is 5.69. The number of rotatable bonds is 10. The van der Waals surface area contributed by atoms with E-state index in [1.807, 2.05) is 42.1 Å². The molecule has 208 valence electrons. The van der Waals surface area contributed by atoms with Gasteiger partial charge in [0.2, 0.25) is 17.6 Å². The third kappa shape index (κ3) is 6.84. The van der Waals surface area contributed by atoms with Crippen molar-refractivity contribution in [3.8, 4) is 22.9 Å². The van der Waals surface area contributed by atoms with Crippen LogP contribution in [0, 0.1) is 12.8 Å². The Kier molecular flexibility index (Phi) is 9.03. The van der Waals surface area contributed by atoms with E-state index in [4.69, 9.17) is 14.0 Å². The molecule has 1 aliphatic rings. The lowest BCUT2D eigenvalue weighted by atomic mass is 9.95. The molecule has 1 N–H and O–H groups in total. The minimum atomic E-state index is -0.0195. The van der Waals surface area contributed by atoms with Crippen molar-refractivity contribution >= 4 is 23.4 Å². The number of aromatic nitrogens is 2. The molecule has 5 rings (SSSR count). The van der Waals surface area contributed by atoms with Crippen molar-refractivity contribution in [2.24, 2.45) is 5.92 Å². The smallest absolute Gasteiger partial charge is 0.241 e. The molecule has 2 heterocycles. The summed E-state index contributed by atoms with van der Waals surface area (Å²) >= 11 is 1.81. The van der Waals surface area contributed by atoms with Crippen molar-refractivity contribution in [1.82, 2.24) is 15.0 Å². The number of methoxy groups -OCH3 is 2. The monoisotopic (exact) mass is 558 g/mol. The third-order valence-corrected chi connectivity index (χ3v) is 8.21. The molecule has 3 aromatic carbocycles. The number of benzene rings is 3. The number of amides is 1. The lowest BCUT2D eigenvalue weighted by Crippen LogP contribution is -2.37. The first-order valence-electron chi connectivity index (χ1n) is 13.4. The number of anilines is 1. The van der Waals surface area contributed by atoms with Crippen molar-refractivity contribution < 1.29 is 18.8 Å². The summed E-state index contributed by atoms with van der Waals surface area (Å²) in [4.78, 5) is 21.1. The van der Waals surface area contributed by atoms with Crippen molar-refractivity contribution in [2.45, 2.75) is 37.0 Å². The summed E-state index contributed by atoms with van der Waals surface area (Å²) < 4.78 is 16.2. The molecule has 1 amide bonds. The summed E-state index contributed by atoms with van der Waals surface area (Å²) in [6, 6.07) is 22.2. The highest BCUT2D eigenvalue weighted by Gasteiger charge is 2.26. The van der Waals surface area contributed by atoms with Crippen LogP contribution in [0.1, 0.15) is 29.9 Å². The van der Waals surface area contributed by atoms with Gasteiger partial charge in [-0.2, -0.15) is 4.98 Å². The second-order valence-corrected chi connectivity index (χ2v) is 10.9. The van der Waals surface area contributed by atoms with E-state index >= 15 is 0 Å². The van der Waals surface area contributed by atoms with Crippen molar-refractivity contribution in [3.63, 3.8) is 0 Å². The van der Waals surface area contributed by atoms with Gasteiger partial charge >= 0.3 is 0 Å². The minimum absolute atomic E-state index is 0.0195. The van der Waals surface area contributed by atoms with Crippen LogP contribution in [0.25, 0.3) is 11.4 Å². The molecule has 0 spiro atoms. The minimum Gasteiger partial charge on any atom is -0.493 e. The van der Waals surface area contributed by atoms with Gasteiger partial charge in [-0.15, -0.1) is 11.8 Å². The highest BCUT2D eigenvalue weighted by atomic mass is 32.2. The van der Waals surface area contributed by atoms with E-state index in [0.717, 1.165) is 48.5 Å². The quantitative estimate of drug-likeness (QED) is 0.230. The molecule has 0 aliphatic carbocycles. The van der Waals surface area contributed by atoms with Crippen LogP contribution in [0.2, 0.25) is 0 Å². The molecule has 0 bridgehead atoms. The van der Waals surface area contributed by atoms with E-state index in [-0.39, 0.29) is 11.8 Å². The highest BCUT2D eigenvalue weighted by Crippen LogP contribution is 2.31. The largest absolute Gasteiger partial charge is 0.493 e. The van der Waals surface area contributed by atoms with Crippen LogP contribution in [0.3, 0.4) is 0 Å². The molecule has 4 aromatic rings. The van der Waals surface area contributed by atoms with Crippen LogP contribution in [0.5, 0.6) is 11.5 Å². The molecule has 40 heavy (non-hydrogen) atoms. The normalized spacial score (nSPS) is 14.2. The number of nitrogens with one attached hydrogen (secondary N) is 1. The number of hydrogen-bond donors (Lipinski definition) is 1. The number of likely N-dealkylation sites (tertiary alicyclic amines) is 1. The Bertz CT molecular complexity index is 1430. The van der Waals surface area contributed by atoms with Gasteiger partial charge in [0.05, 0.1) is 20.8 Å². The lowest BCUT2D eigenvalue weighted by molar-refractivity contribution is -0.121. The zero-order valence-corrected chi connectivity index (χ0v) is 23.9. The van der Waals surface area contributed by atoms with Crippen molar-refractivity contribution in [1.29, 1.82) is 0 Å². The highest BCUT2D eigenvalue weighted by molar-refractivity contribution is 7.98. The summed E-state index contributed by atoms with van der Waals surface area (Å²) in [5.41, 5.74) is 4.00. The second kappa shape index (κ2) is 13.0. The van der Waals surface area contributed by atoms with Gasteiger partial charge in [-0.3, -0.25) is 9.69 Å². The number of piperidine rings is 1. The zero-order valence-electron chi connectivity index (χ0n) is 23.1. The number of carbonyl (C=O) groups excluding carboxylic acids is 1. The van der Waals surface area contributed by atoms with E-state index in [1.165, 1.54) is 10.5 Å². The maximum atomic E-state index is 13.0. The van der Waals surface area contributed by atoms with Gasteiger partial charge in [-0.05, 0) is 80.4 Å². The van der Waals surface area contributed by atoms with Gasteiger partial charge in [0.1, 0.15) is 0 Å². The van der Waals surface area contributed by atoms with Crippen LogP contribution >= 0.6 is 11.8 Å². The first-order chi connectivity index (χ1) is 19.5. The summed E-state index contributed by atoms with van der Waals surface area (Å²) in [6.45, 7) is 4.19. The third-order valence-electron chi connectivity index (χ3n) is 7.12. The lowest BCUT2D eigenvalue weighted by Gasteiger charge is -2.30. The van der Waals surface area contributed by atoms with Crippen LogP contribution in [-0.4, -0.2) is 48.3 Å². The molecule has 1 fully saturated rings. The summed E-state index contributed by atoms with van der Waals surface area (Å²) in [5.74, 6) is 3.27. The van der Waals surface area contributed by atoms with Crippen LogP contribution in [0.4, 0.5) is 5.69 Å². The molecule has 1 saturated heterocycles. The van der Waals surface area contributed by atoms with Crippen LogP contribution in [-0.2, 0) is 17.1 Å². The van der Waals surface area contributed by atoms with Crippen molar-refractivity contribution in [3.05, 3.63) is 83.7 Å². The first-order valence-corrected chi connectivity index (χ1v) is 14.4. The number of hydrogen-bond acceptors (Lipinski definition) is 8. The summed E-state index contributed by atoms with van der Waals surface area (Å²) in [5, 5.41) is 7.30. The molecule has 1 aliphatic heterocycles. The van der Waals surface area contributed by atoms with Crippen LogP contribution < -0.4 is 14.8 Å². The second-order valence-electron chi connectivity index (χ2n) is 9.87. The van der Waals surface area contributed by atoms with Crippen LogP contribution in [0.15, 0.2) is 76.1 Å². The Labute approximate surface area is 239 Å². The van der Waals surface area contributed by atoms with E-state index in [1.54, 1.807) is 14.2 Å². The number of carbonyl (C=O) groups is 1. The zero-order chi connectivity index (χ0) is 27.9. The average Bonchev–Trinajstić information content (AvgIpc) is 3.46. The number of thioether (sulfide) groups is 1. The Balaban J connectivity index is 1.10. The number of ether oxygens (including phenoxy) is 2. The molecule has 9 heteroatoms. The topological polar surface area (TPSA) is 89.7 Å². The van der Waals surface area contributed by atoms with E-state index in [2.05, 4.69) is 63.7 Å².